The molecule has 3 aliphatic rings. The van der Waals surface area contributed by atoms with Gasteiger partial charge < -0.3 is 15.5 Å². The van der Waals surface area contributed by atoms with Crippen molar-refractivity contribution in [2.75, 3.05) is 32.7 Å². The number of aryl methyl sites for hydroxylation is 1. The number of benzene rings is 1. The Morgan fingerprint density at radius 2 is 1.91 bits per heavy atom. The standard InChI is InChI=1S/C26H38N4O3/c1-18(2)24(32)30-13-10-26(17-30)14-22(28-25(26)33)23(31)27-15-20-8-11-29(12-9-20)16-21-7-5-4-6-19(21)3/h4-7,18,20,22H,8-17H2,1-3H3,(H,27,31)(H,28,33)/t22-,26+/m0/s1. The van der Waals surface area contributed by atoms with E-state index in [1.807, 2.05) is 13.8 Å². The summed E-state index contributed by atoms with van der Waals surface area (Å²) in [4.78, 5) is 42.2. The van der Waals surface area contributed by atoms with E-state index in [2.05, 4.69) is 46.7 Å². The largest absolute Gasteiger partial charge is 0.354 e. The normalized spacial score (nSPS) is 26.2. The molecule has 3 fully saturated rings. The number of nitrogens with zero attached hydrogens (tertiary/aromatic N) is 2. The van der Waals surface area contributed by atoms with Gasteiger partial charge in [0.05, 0.1) is 5.41 Å². The average Bonchev–Trinajstić information content (AvgIpc) is 3.38. The molecule has 7 heteroatoms. The van der Waals surface area contributed by atoms with E-state index in [1.54, 1.807) is 4.90 Å². The Morgan fingerprint density at radius 3 is 2.61 bits per heavy atom. The smallest absolute Gasteiger partial charge is 0.242 e. The van der Waals surface area contributed by atoms with Gasteiger partial charge in [-0.1, -0.05) is 38.1 Å². The van der Waals surface area contributed by atoms with Crippen LogP contribution in [0, 0.1) is 24.2 Å². The predicted octanol–water partition coefficient (Wildman–Crippen LogP) is 2.09. The molecule has 180 valence electrons. The van der Waals surface area contributed by atoms with Crippen LogP contribution in [-0.2, 0) is 20.9 Å². The second kappa shape index (κ2) is 9.84. The minimum absolute atomic E-state index is 0.0770. The van der Waals surface area contributed by atoms with Crippen LogP contribution in [0.4, 0.5) is 0 Å². The van der Waals surface area contributed by atoms with E-state index in [1.165, 1.54) is 11.1 Å². The molecule has 0 bridgehead atoms. The first-order chi connectivity index (χ1) is 15.8. The molecule has 1 aromatic rings. The van der Waals surface area contributed by atoms with Gasteiger partial charge in [0.2, 0.25) is 17.7 Å². The summed E-state index contributed by atoms with van der Waals surface area (Å²) in [6, 6.07) is 8.05. The Hall–Kier alpha value is -2.41. The fourth-order valence-electron chi connectivity index (χ4n) is 5.53. The maximum absolute atomic E-state index is 12.8. The van der Waals surface area contributed by atoms with Crippen molar-refractivity contribution in [2.24, 2.45) is 17.3 Å². The van der Waals surface area contributed by atoms with Crippen LogP contribution in [-0.4, -0.2) is 66.3 Å². The Kier molecular flexibility index (Phi) is 7.07. The molecule has 4 rings (SSSR count). The highest BCUT2D eigenvalue weighted by Gasteiger charge is 2.53. The second-order valence-electron chi connectivity index (χ2n) is 10.6. The van der Waals surface area contributed by atoms with Crippen LogP contribution in [0.3, 0.4) is 0 Å². The molecule has 2 N–H and O–H groups in total. The lowest BCUT2D eigenvalue weighted by atomic mass is 9.83. The maximum Gasteiger partial charge on any atom is 0.242 e. The van der Waals surface area contributed by atoms with Crippen LogP contribution in [0.15, 0.2) is 24.3 Å². The van der Waals surface area contributed by atoms with Crippen LogP contribution in [0.5, 0.6) is 0 Å². The molecule has 7 nitrogen and oxygen atoms in total. The molecule has 33 heavy (non-hydrogen) atoms. The van der Waals surface area contributed by atoms with Gasteiger partial charge in [0.1, 0.15) is 6.04 Å². The van der Waals surface area contributed by atoms with Crippen molar-refractivity contribution >= 4 is 17.7 Å². The third kappa shape index (κ3) is 5.24. The Bertz CT molecular complexity index is 893. The summed E-state index contributed by atoms with van der Waals surface area (Å²) in [5.41, 5.74) is 2.12. The minimum atomic E-state index is -0.604. The number of amides is 3. The summed E-state index contributed by atoms with van der Waals surface area (Å²) in [5.74, 6) is 0.314. The van der Waals surface area contributed by atoms with Crippen molar-refractivity contribution in [2.45, 2.75) is 59.0 Å². The first kappa shape index (κ1) is 23.7. The van der Waals surface area contributed by atoms with E-state index in [9.17, 15) is 14.4 Å². The molecular weight excluding hydrogens is 416 g/mol. The van der Waals surface area contributed by atoms with Gasteiger partial charge in [-0.15, -0.1) is 0 Å². The number of hydrogen-bond donors (Lipinski definition) is 2. The number of carbonyl (C=O) groups is 3. The fraction of sp³-hybridized carbons (Fsp3) is 0.654. The van der Waals surface area contributed by atoms with Gasteiger partial charge in [-0.2, -0.15) is 0 Å². The number of carbonyl (C=O) groups excluding carboxylic acids is 3. The summed E-state index contributed by atoms with van der Waals surface area (Å²) in [6.07, 6.45) is 3.26. The molecule has 0 saturated carbocycles. The van der Waals surface area contributed by atoms with Gasteiger partial charge in [0.15, 0.2) is 0 Å². The van der Waals surface area contributed by atoms with Crippen LogP contribution in [0.2, 0.25) is 0 Å². The molecule has 0 aromatic heterocycles. The van der Waals surface area contributed by atoms with Crippen LogP contribution >= 0.6 is 0 Å². The van der Waals surface area contributed by atoms with Crippen molar-refractivity contribution in [3.8, 4) is 0 Å². The van der Waals surface area contributed by atoms with Crippen molar-refractivity contribution in [1.82, 2.24) is 20.4 Å². The highest BCUT2D eigenvalue weighted by Crippen LogP contribution is 2.40. The predicted molar refractivity (Wildman–Crippen MR) is 127 cm³/mol. The molecule has 1 aromatic carbocycles. The van der Waals surface area contributed by atoms with E-state index in [0.29, 0.717) is 38.4 Å². The van der Waals surface area contributed by atoms with E-state index in [0.717, 1.165) is 32.5 Å². The molecule has 0 radical (unpaired) electrons. The molecule has 1 spiro atoms. The number of piperidine rings is 1. The van der Waals surface area contributed by atoms with Gasteiger partial charge in [0.25, 0.3) is 0 Å². The topological polar surface area (TPSA) is 81.8 Å². The SMILES string of the molecule is Cc1ccccc1CN1CCC(CNC(=O)[C@@H]2C[C@@]3(CCN(C(=O)C(C)C)C3)C(=O)N2)CC1. The molecule has 3 saturated heterocycles. The van der Waals surface area contributed by atoms with Gasteiger partial charge in [-0.05, 0) is 62.7 Å². The Balaban J connectivity index is 1.21. The minimum Gasteiger partial charge on any atom is -0.354 e. The summed E-state index contributed by atoms with van der Waals surface area (Å²) in [6.45, 7) is 10.7. The van der Waals surface area contributed by atoms with E-state index >= 15 is 0 Å². The van der Waals surface area contributed by atoms with E-state index < -0.39 is 11.5 Å². The van der Waals surface area contributed by atoms with Gasteiger partial charge in [0, 0.05) is 32.1 Å². The van der Waals surface area contributed by atoms with Crippen molar-refractivity contribution in [1.29, 1.82) is 0 Å². The lowest BCUT2D eigenvalue weighted by molar-refractivity contribution is -0.134. The molecule has 0 aliphatic carbocycles. The third-order valence-electron chi connectivity index (χ3n) is 7.79. The summed E-state index contributed by atoms with van der Waals surface area (Å²) < 4.78 is 0. The molecular formula is C26H38N4O3. The summed E-state index contributed by atoms with van der Waals surface area (Å²) in [7, 11) is 0. The van der Waals surface area contributed by atoms with Gasteiger partial charge in [-0.25, -0.2) is 0 Å². The molecule has 3 amide bonds. The number of rotatable bonds is 6. The van der Waals surface area contributed by atoms with Gasteiger partial charge >= 0.3 is 0 Å². The number of nitrogens with one attached hydrogen (secondary N) is 2. The fourth-order valence-corrected chi connectivity index (χ4v) is 5.53. The van der Waals surface area contributed by atoms with Crippen molar-refractivity contribution < 1.29 is 14.4 Å². The summed E-state index contributed by atoms with van der Waals surface area (Å²) in [5, 5.41) is 6.00. The van der Waals surface area contributed by atoms with Gasteiger partial charge in [-0.3, -0.25) is 19.3 Å². The first-order valence-electron chi connectivity index (χ1n) is 12.4. The Morgan fingerprint density at radius 1 is 1.18 bits per heavy atom. The zero-order valence-electron chi connectivity index (χ0n) is 20.2. The molecule has 3 aliphatic heterocycles. The third-order valence-corrected chi connectivity index (χ3v) is 7.79. The quantitative estimate of drug-likeness (QED) is 0.690. The first-order valence-corrected chi connectivity index (χ1v) is 12.4. The second-order valence-corrected chi connectivity index (χ2v) is 10.6. The monoisotopic (exact) mass is 454 g/mol. The zero-order valence-corrected chi connectivity index (χ0v) is 20.2. The highest BCUT2D eigenvalue weighted by molar-refractivity contribution is 5.95. The highest BCUT2D eigenvalue weighted by atomic mass is 16.2. The number of hydrogen-bond acceptors (Lipinski definition) is 4. The van der Waals surface area contributed by atoms with Crippen LogP contribution < -0.4 is 10.6 Å². The maximum atomic E-state index is 12.8. The molecule has 0 unspecified atom stereocenters. The zero-order chi connectivity index (χ0) is 23.6. The van der Waals surface area contributed by atoms with Crippen LogP contribution in [0.25, 0.3) is 0 Å². The molecule has 2 atom stereocenters. The van der Waals surface area contributed by atoms with Crippen molar-refractivity contribution in [3.63, 3.8) is 0 Å². The average molecular weight is 455 g/mol. The van der Waals surface area contributed by atoms with E-state index in [-0.39, 0.29) is 23.6 Å². The number of likely N-dealkylation sites (tertiary alicyclic amines) is 2. The lowest BCUT2D eigenvalue weighted by Gasteiger charge is -2.32. The summed E-state index contributed by atoms with van der Waals surface area (Å²) >= 11 is 0. The molecule has 3 heterocycles. The Labute approximate surface area is 197 Å². The van der Waals surface area contributed by atoms with E-state index in [4.69, 9.17) is 0 Å². The van der Waals surface area contributed by atoms with Crippen molar-refractivity contribution in [3.05, 3.63) is 35.4 Å². The lowest BCUT2D eigenvalue weighted by Crippen LogP contribution is -2.44. The van der Waals surface area contributed by atoms with Crippen LogP contribution in [0.1, 0.15) is 50.7 Å².